The lowest BCUT2D eigenvalue weighted by atomic mass is 9.26. The van der Waals surface area contributed by atoms with Crippen molar-refractivity contribution < 1.29 is 48.8 Å². The molecule has 45 heavy (non-hydrogen) atoms. The van der Waals surface area contributed by atoms with E-state index in [1.165, 1.54) is 15.8 Å². The van der Waals surface area contributed by atoms with Gasteiger partial charge in [0, 0.05) is 21.8 Å². The van der Waals surface area contributed by atoms with Gasteiger partial charge in [-0.1, -0.05) is 5.23 Å². The van der Waals surface area contributed by atoms with Gasteiger partial charge in [0.2, 0.25) is 7.57 Å². The lowest BCUT2D eigenvalue weighted by Crippen LogP contribution is -2.98. The molecule has 11 atom stereocenters. The van der Waals surface area contributed by atoms with Crippen molar-refractivity contribution in [3.8, 4) is 0 Å². The number of hydrogen-bond acceptors (Lipinski definition) is 23. The second kappa shape index (κ2) is 10.5. The van der Waals surface area contributed by atoms with Crippen LogP contribution in [0.15, 0.2) is 0 Å². The molecule has 4 bridgehead atoms. The van der Waals surface area contributed by atoms with E-state index < -0.39 is 68.9 Å². The summed E-state index contributed by atoms with van der Waals surface area (Å²) in [5, 5.41) is 51.4. The van der Waals surface area contributed by atoms with E-state index in [9.17, 15) is 25.1 Å². The van der Waals surface area contributed by atoms with Crippen LogP contribution in [0.25, 0.3) is 0 Å². The van der Waals surface area contributed by atoms with Crippen LogP contribution in [0, 0.1) is 0 Å². The van der Waals surface area contributed by atoms with E-state index in [0.717, 1.165) is 0 Å². The zero-order valence-corrected chi connectivity index (χ0v) is 25.2. The number of aliphatic hydroxyl groups is 3. The van der Waals surface area contributed by atoms with Crippen molar-refractivity contribution in [1.29, 1.82) is 0 Å². The van der Waals surface area contributed by atoms with E-state index in [0.29, 0.717) is 13.3 Å². The lowest BCUT2D eigenvalue weighted by Gasteiger charge is -2.77. The van der Waals surface area contributed by atoms with Gasteiger partial charge in [0.15, 0.2) is 6.60 Å². The van der Waals surface area contributed by atoms with Gasteiger partial charge < -0.3 is 39.1 Å². The first-order valence-corrected chi connectivity index (χ1v) is 16.3. The summed E-state index contributed by atoms with van der Waals surface area (Å²) >= 11 is 0. The van der Waals surface area contributed by atoms with Crippen molar-refractivity contribution >= 4 is 35.6 Å². The molecule has 23 nitrogen and oxygen atoms in total. The topological polar surface area (TPSA) is 207 Å². The molecule has 0 aromatic heterocycles. The first-order chi connectivity index (χ1) is 21.4. The Morgan fingerprint density at radius 1 is 1.02 bits per heavy atom. The number of fused-ring (bicyclic) bond motifs is 13. The number of aliphatic hydroxyl groups excluding tert-OH is 3. The summed E-state index contributed by atoms with van der Waals surface area (Å²) < 4.78 is 17.4. The molecule has 9 fully saturated rings. The highest BCUT2D eigenvalue weighted by Gasteiger charge is 2.69. The van der Waals surface area contributed by atoms with E-state index in [-0.39, 0.29) is 25.5 Å². The number of likely N-dealkylation sites (N-methyl/N-ethyl adjacent to an activating group) is 2. The van der Waals surface area contributed by atoms with Crippen molar-refractivity contribution in [2.75, 3.05) is 40.6 Å². The maximum Gasteiger partial charge on any atom is 0.273 e. The first kappa shape index (κ1) is 30.6. The van der Waals surface area contributed by atoms with Crippen molar-refractivity contribution in [3.05, 3.63) is 0 Å². The molecule has 0 saturated carbocycles. The van der Waals surface area contributed by atoms with Crippen LogP contribution < -0.4 is 11.1 Å². The molecule has 9 unspecified atom stereocenters. The summed E-state index contributed by atoms with van der Waals surface area (Å²) in [6.07, 6.45) is -2.87. The second-order valence-electron chi connectivity index (χ2n) is 12.3. The number of rotatable bonds is 4. The molecule has 0 aromatic rings. The van der Waals surface area contributed by atoms with Crippen LogP contribution in [0.5, 0.6) is 0 Å². The summed E-state index contributed by atoms with van der Waals surface area (Å²) in [5.74, 6) is 0. The van der Waals surface area contributed by atoms with Crippen LogP contribution in [0.2, 0.25) is 0 Å². The quantitative estimate of drug-likeness (QED) is 0.111. The van der Waals surface area contributed by atoms with Crippen molar-refractivity contribution in [2.24, 2.45) is 0 Å². The van der Waals surface area contributed by atoms with Crippen LogP contribution >= 0.6 is 7.57 Å². The highest BCUT2D eigenvalue weighted by molar-refractivity contribution is 7.57. The minimum absolute atomic E-state index is 0.0631. The Labute approximate surface area is 259 Å². The second-order valence-corrected chi connectivity index (χ2v) is 13.9. The van der Waals surface area contributed by atoms with Crippen LogP contribution in [-0.2, 0) is 23.7 Å². The summed E-state index contributed by atoms with van der Waals surface area (Å²) in [4.78, 5) is 33.4. The Balaban J connectivity index is 1.08. The zero-order chi connectivity index (χ0) is 31.3. The molecule has 9 aliphatic rings. The minimum atomic E-state index is -3.87. The Hall–Kier alpha value is -0.425. The van der Waals surface area contributed by atoms with E-state index in [4.69, 9.17) is 31.4 Å². The summed E-state index contributed by atoms with van der Waals surface area (Å²) in [5.41, 5.74) is 5.71. The van der Waals surface area contributed by atoms with Crippen molar-refractivity contribution in [2.45, 2.75) is 67.0 Å². The normalized spacial score (nSPS) is 47.7. The van der Waals surface area contributed by atoms with Gasteiger partial charge in [0.1, 0.15) is 62.2 Å². The van der Waals surface area contributed by atoms with E-state index in [2.05, 4.69) is 37.4 Å². The van der Waals surface area contributed by atoms with E-state index >= 15 is 0 Å². The maximum atomic E-state index is 11.5. The SMILES string of the molecule is [B]B1C2OC(COP(=C)(O)O)C(ON3N4CN5C6[C@@H](N(C)N6C)N5CN4N3[C@H]1N1[B]C3OC(CON4NNN41)C(O)C3O)C2O. The van der Waals surface area contributed by atoms with Gasteiger partial charge in [-0.3, -0.25) is 9.68 Å². The van der Waals surface area contributed by atoms with Gasteiger partial charge in [-0.2, -0.15) is 10.0 Å². The largest absolute Gasteiger partial charge is 0.388 e. The van der Waals surface area contributed by atoms with Gasteiger partial charge in [0.25, 0.3) is 7.41 Å². The fraction of sp³-hybridized carbons (Fsp3) is 0.944. The number of hydrazine groups is 11. The van der Waals surface area contributed by atoms with Crippen LogP contribution in [-0.4, -0.2) is 217 Å². The molecule has 0 aliphatic carbocycles. The molecule has 9 saturated heterocycles. The third-order valence-corrected chi connectivity index (χ3v) is 10.4. The molecule has 9 heterocycles. The number of nitrogens with one attached hydrogen (secondary N) is 2. The van der Waals surface area contributed by atoms with Gasteiger partial charge in [-0.15, -0.1) is 26.4 Å². The molecule has 9 aliphatic heterocycles. The molecule has 0 spiro atoms. The monoisotopic (exact) mass is 656 g/mol. The average Bonchev–Trinajstić information content (AvgIpc) is 3.44. The highest BCUT2D eigenvalue weighted by atomic mass is 31.2. The molecular formula is C18H34B3N13O10P. The number of hydrogen-bond donors (Lipinski definition) is 7. The standard InChI is InChI=1S/C18H34B3N13O10P/c1-24-16-17(25(24)2)27-7-29-28(6-26(16)27)31-18(30-20-14-11(36)10(35)8(42-14)4-40-33-23-22-32(30)33)21(19)15-12(37)13(44-34(29)31)9(43-15)5-41-45(3,38)39/h8-18,22-23,35-39H,3-7H2,1-2H3/t8?,9?,10?,11?,12?,13?,14?,15?,16-,17?,18+/m0/s1. The molecule has 0 amide bonds. The number of nitrogens with zero attached hydrogens (tertiary/aromatic N) is 11. The Morgan fingerprint density at radius 2 is 1.73 bits per heavy atom. The Bertz CT molecular complexity index is 1260. The Morgan fingerprint density at radius 3 is 2.40 bits per heavy atom. The van der Waals surface area contributed by atoms with Gasteiger partial charge in [-0.25, -0.2) is 14.9 Å². The third-order valence-electron chi connectivity index (χ3n) is 9.85. The molecule has 27 heteroatoms. The van der Waals surface area contributed by atoms with Crippen molar-refractivity contribution in [1.82, 2.24) is 67.2 Å². The lowest BCUT2D eigenvalue weighted by molar-refractivity contribution is -0.667. The predicted octanol–water partition coefficient (Wildman–Crippen LogP) is -8.34. The Kier molecular flexibility index (Phi) is 7.17. The first-order valence-electron chi connectivity index (χ1n) is 14.5. The van der Waals surface area contributed by atoms with E-state index in [1.54, 1.807) is 17.5 Å². The van der Waals surface area contributed by atoms with Crippen LogP contribution in [0.4, 0.5) is 0 Å². The number of ether oxygens (including phenoxy) is 2. The molecule has 9 rings (SSSR count). The predicted molar refractivity (Wildman–Crippen MR) is 147 cm³/mol. The average molecular weight is 656 g/mol. The smallest absolute Gasteiger partial charge is 0.273 e. The third kappa shape index (κ3) is 4.35. The zero-order valence-electron chi connectivity index (χ0n) is 24.3. The molecule has 7 N–H and O–H groups in total. The maximum absolute atomic E-state index is 11.5. The van der Waals surface area contributed by atoms with Gasteiger partial charge in [0.05, 0.1) is 31.3 Å². The molecule has 3 radical (unpaired) electrons. The van der Waals surface area contributed by atoms with Crippen molar-refractivity contribution in [3.63, 3.8) is 0 Å². The van der Waals surface area contributed by atoms with E-state index in [1.807, 2.05) is 24.3 Å². The fourth-order valence-electron chi connectivity index (χ4n) is 7.40. The highest BCUT2D eigenvalue weighted by Crippen LogP contribution is 2.47. The molecule has 0 aromatic carbocycles. The summed E-state index contributed by atoms with van der Waals surface area (Å²) in [6.45, 7) is -0.571. The van der Waals surface area contributed by atoms with Gasteiger partial charge >= 0.3 is 0 Å². The summed E-state index contributed by atoms with van der Waals surface area (Å²) in [6, 6.07) is -2.93. The molecule has 245 valence electrons. The minimum Gasteiger partial charge on any atom is -0.388 e. The van der Waals surface area contributed by atoms with Gasteiger partial charge in [-0.05, 0) is 16.9 Å². The van der Waals surface area contributed by atoms with Crippen LogP contribution in [0.1, 0.15) is 0 Å². The summed E-state index contributed by atoms with van der Waals surface area (Å²) in [7, 11) is 8.75. The fourth-order valence-corrected chi connectivity index (χ4v) is 7.78. The van der Waals surface area contributed by atoms with Crippen LogP contribution in [0.3, 0.4) is 0 Å². The molecular weight excluding hydrogens is 622 g/mol.